The average Bonchev–Trinajstić information content (AvgIpc) is 2.49. The van der Waals surface area contributed by atoms with E-state index in [9.17, 15) is 9.90 Å². The Morgan fingerprint density at radius 2 is 2.00 bits per heavy atom. The Labute approximate surface area is 126 Å². The van der Waals surface area contributed by atoms with Crippen LogP contribution in [0.5, 0.6) is 5.75 Å². The monoisotopic (exact) mass is 290 g/mol. The van der Waals surface area contributed by atoms with Crippen LogP contribution in [0, 0.1) is 19.3 Å². The minimum absolute atomic E-state index is 0.0946. The molecule has 2 rings (SSSR count). The van der Waals surface area contributed by atoms with Gasteiger partial charge in [0.05, 0.1) is 5.41 Å². The summed E-state index contributed by atoms with van der Waals surface area (Å²) in [7, 11) is 0. The van der Waals surface area contributed by atoms with Gasteiger partial charge in [0.2, 0.25) is 5.91 Å². The Morgan fingerprint density at radius 1 is 1.33 bits per heavy atom. The molecule has 1 saturated heterocycles. The fraction of sp³-hybridized carbons (Fsp3) is 0.588. The highest BCUT2D eigenvalue weighted by atomic mass is 16.3. The molecule has 1 aromatic rings. The predicted molar refractivity (Wildman–Crippen MR) is 85.7 cm³/mol. The van der Waals surface area contributed by atoms with Crippen molar-refractivity contribution in [1.29, 1.82) is 0 Å². The van der Waals surface area contributed by atoms with E-state index in [1.165, 1.54) is 0 Å². The molecule has 1 aliphatic rings. The smallest absolute Gasteiger partial charge is 0.230 e. The van der Waals surface area contributed by atoms with E-state index in [4.69, 9.17) is 0 Å². The number of aryl methyl sites for hydroxylation is 1. The molecule has 0 aromatic heterocycles. The second-order valence-electron chi connectivity index (χ2n) is 6.14. The fourth-order valence-electron chi connectivity index (χ4n) is 3.20. The minimum atomic E-state index is -0.271. The molecule has 1 heterocycles. The summed E-state index contributed by atoms with van der Waals surface area (Å²) in [4.78, 5) is 12.8. The van der Waals surface area contributed by atoms with E-state index in [0.717, 1.165) is 55.6 Å². The summed E-state index contributed by atoms with van der Waals surface area (Å²) < 4.78 is 0. The van der Waals surface area contributed by atoms with Gasteiger partial charge in [-0.3, -0.25) is 4.79 Å². The molecule has 116 valence electrons. The van der Waals surface area contributed by atoms with Crippen LogP contribution in [0.25, 0.3) is 0 Å². The van der Waals surface area contributed by atoms with Crippen LogP contribution < -0.4 is 10.6 Å². The summed E-state index contributed by atoms with van der Waals surface area (Å²) in [5.74, 6) is 0.361. The van der Waals surface area contributed by atoms with Crippen LogP contribution in [0.15, 0.2) is 12.1 Å². The maximum Gasteiger partial charge on any atom is 0.230 e. The van der Waals surface area contributed by atoms with Crippen molar-refractivity contribution in [3.05, 3.63) is 23.3 Å². The van der Waals surface area contributed by atoms with E-state index in [-0.39, 0.29) is 17.1 Å². The van der Waals surface area contributed by atoms with Gasteiger partial charge >= 0.3 is 0 Å². The van der Waals surface area contributed by atoms with Gasteiger partial charge in [0.25, 0.3) is 0 Å². The molecule has 0 bridgehead atoms. The Hall–Kier alpha value is -1.55. The first kappa shape index (κ1) is 15.8. The number of anilines is 1. The van der Waals surface area contributed by atoms with Gasteiger partial charge in [-0.05, 0) is 57.8 Å². The number of rotatable bonds is 4. The van der Waals surface area contributed by atoms with Crippen LogP contribution in [-0.4, -0.2) is 24.1 Å². The lowest BCUT2D eigenvalue weighted by Crippen LogP contribution is -2.44. The van der Waals surface area contributed by atoms with Gasteiger partial charge in [0.1, 0.15) is 5.75 Å². The SMILES string of the molecule is CCCC1(C(=O)Nc2ccc(C)c(O)c2C)CCNCC1. The Balaban J connectivity index is 2.21. The molecule has 1 amide bonds. The number of carbonyl (C=O) groups is 1. The van der Waals surface area contributed by atoms with Gasteiger partial charge < -0.3 is 15.7 Å². The number of phenolic OH excluding ortho intramolecular Hbond substituents is 1. The van der Waals surface area contributed by atoms with Crippen molar-refractivity contribution in [2.75, 3.05) is 18.4 Å². The molecule has 21 heavy (non-hydrogen) atoms. The van der Waals surface area contributed by atoms with E-state index in [0.29, 0.717) is 0 Å². The summed E-state index contributed by atoms with van der Waals surface area (Å²) in [6.45, 7) is 7.61. The van der Waals surface area contributed by atoms with Crippen molar-refractivity contribution < 1.29 is 9.90 Å². The summed E-state index contributed by atoms with van der Waals surface area (Å²) in [5, 5.41) is 16.4. The molecule has 0 aliphatic carbocycles. The zero-order valence-electron chi connectivity index (χ0n) is 13.3. The first-order valence-corrected chi connectivity index (χ1v) is 7.81. The van der Waals surface area contributed by atoms with Crippen molar-refractivity contribution in [2.45, 2.75) is 46.5 Å². The number of carbonyl (C=O) groups excluding carboxylic acids is 1. The second-order valence-corrected chi connectivity index (χ2v) is 6.14. The average molecular weight is 290 g/mol. The summed E-state index contributed by atoms with van der Waals surface area (Å²) in [6, 6.07) is 3.72. The second kappa shape index (κ2) is 6.48. The molecule has 4 nitrogen and oxygen atoms in total. The summed E-state index contributed by atoms with van der Waals surface area (Å²) in [6.07, 6.45) is 3.68. The van der Waals surface area contributed by atoms with Crippen LogP contribution in [0.1, 0.15) is 43.7 Å². The maximum atomic E-state index is 12.8. The molecule has 3 N–H and O–H groups in total. The highest BCUT2D eigenvalue weighted by molar-refractivity contribution is 5.96. The molecule has 0 atom stereocenters. The van der Waals surface area contributed by atoms with E-state index in [1.54, 1.807) is 0 Å². The van der Waals surface area contributed by atoms with Crippen LogP contribution in [0.3, 0.4) is 0 Å². The van der Waals surface area contributed by atoms with Crippen molar-refractivity contribution in [1.82, 2.24) is 5.32 Å². The predicted octanol–water partition coefficient (Wildman–Crippen LogP) is 3.12. The number of benzene rings is 1. The van der Waals surface area contributed by atoms with E-state index in [1.807, 2.05) is 26.0 Å². The molecule has 0 saturated carbocycles. The fourth-order valence-corrected chi connectivity index (χ4v) is 3.20. The molecular weight excluding hydrogens is 264 g/mol. The van der Waals surface area contributed by atoms with E-state index < -0.39 is 0 Å². The van der Waals surface area contributed by atoms with E-state index >= 15 is 0 Å². The third-order valence-electron chi connectivity index (χ3n) is 4.65. The normalized spacial score (nSPS) is 17.5. The van der Waals surface area contributed by atoms with Crippen LogP contribution >= 0.6 is 0 Å². The number of phenols is 1. The third-order valence-corrected chi connectivity index (χ3v) is 4.65. The van der Waals surface area contributed by atoms with E-state index in [2.05, 4.69) is 17.6 Å². The maximum absolute atomic E-state index is 12.8. The lowest BCUT2D eigenvalue weighted by Gasteiger charge is -2.36. The van der Waals surface area contributed by atoms with Gasteiger partial charge in [0.15, 0.2) is 0 Å². The molecule has 1 aromatic carbocycles. The van der Waals surface area contributed by atoms with Crippen molar-refractivity contribution in [3.8, 4) is 5.75 Å². The molecule has 0 spiro atoms. The molecular formula is C17H26N2O2. The van der Waals surface area contributed by atoms with Crippen molar-refractivity contribution in [2.24, 2.45) is 5.41 Å². The largest absolute Gasteiger partial charge is 0.507 e. The minimum Gasteiger partial charge on any atom is -0.507 e. The molecule has 4 heteroatoms. The Kier molecular flexibility index (Phi) is 4.88. The number of amides is 1. The van der Waals surface area contributed by atoms with Crippen LogP contribution in [-0.2, 0) is 4.79 Å². The number of piperidine rings is 1. The van der Waals surface area contributed by atoms with Crippen LogP contribution in [0.2, 0.25) is 0 Å². The first-order valence-electron chi connectivity index (χ1n) is 7.81. The number of hydrogen-bond acceptors (Lipinski definition) is 3. The molecule has 0 radical (unpaired) electrons. The van der Waals surface area contributed by atoms with Crippen LogP contribution in [0.4, 0.5) is 5.69 Å². The zero-order valence-corrected chi connectivity index (χ0v) is 13.3. The number of nitrogens with one attached hydrogen (secondary N) is 2. The lowest BCUT2D eigenvalue weighted by molar-refractivity contribution is -0.127. The van der Waals surface area contributed by atoms with Gasteiger partial charge in [0, 0.05) is 11.3 Å². The van der Waals surface area contributed by atoms with Gasteiger partial charge in [-0.1, -0.05) is 19.4 Å². The van der Waals surface area contributed by atoms with Gasteiger partial charge in [-0.2, -0.15) is 0 Å². The Morgan fingerprint density at radius 3 is 2.62 bits per heavy atom. The molecule has 1 aliphatic heterocycles. The standard InChI is InChI=1S/C17H26N2O2/c1-4-7-17(8-10-18-11-9-17)16(21)19-14-6-5-12(2)15(20)13(14)3/h5-6,18,20H,4,7-11H2,1-3H3,(H,19,21). The van der Waals surface area contributed by atoms with Crippen molar-refractivity contribution >= 4 is 11.6 Å². The number of hydrogen-bond donors (Lipinski definition) is 3. The van der Waals surface area contributed by atoms with Crippen molar-refractivity contribution in [3.63, 3.8) is 0 Å². The quantitative estimate of drug-likeness (QED) is 0.798. The van der Waals surface area contributed by atoms with Gasteiger partial charge in [-0.25, -0.2) is 0 Å². The highest BCUT2D eigenvalue weighted by Crippen LogP contribution is 2.36. The zero-order chi connectivity index (χ0) is 15.5. The summed E-state index contributed by atoms with van der Waals surface area (Å²) >= 11 is 0. The topological polar surface area (TPSA) is 61.4 Å². The lowest BCUT2D eigenvalue weighted by atomic mass is 9.74. The highest BCUT2D eigenvalue weighted by Gasteiger charge is 2.38. The summed E-state index contributed by atoms with van der Waals surface area (Å²) in [5.41, 5.74) is 2.02. The molecule has 0 unspecified atom stereocenters. The molecule has 1 fully saturated rings. The third kappa shape index (κ3) is 3.21. The Bertz CT molecular complexity index is 514. The number of aromatic hydroxyl groups is 1. The first-order chi connectivity index (χ1) is 10.00. The van der Waals surface area contributed by atoms with Gasteiger partial charge in [-0.15, -0.1) is 0 Å².